The first-order valence-corrected chi connectivity index (χ1v) is 6.20. The van der Waals surface area contributed by atoms with Crippen LogP contribution in [0.5, 0.6) is 0 Å². The van der Waals surface area contributed by atoms with Gasteiger partial charge in [-0.2, -0.15) is 0 Å². The summed E-state index contributed by atoms with van der Waals surface area (Å²) < 4.78 is 5.19. The molecule has 0 aromatic heterocycles. The van der Waals surface area contributed by atoms with Crippen LogP contribution in [0.15, 0.2) is 0 Å². The standard InChI is InChI=1S/C11H21N3O2/c15-11(14-10-4-7-16-8-10)13-6-3-9-2-1-5-12-9/h9-10,12H,1-8H2,(H2,13,14,15)/t9-,10?/m0/s1. The Balaban J connectivity index is 1.52. The van der Waals surface area contributed by atoms with Gasteiger partial charge in [0.25, 0.3) is 0 Å². The Morgan fingerprint density at radius 1 is 1.44 bits per heavy atom. The predicted octanol–water partition coefficient (Wildman–Crippen LogP) is 0.217. The van der Waals surface area contributed by atoms with Crippen molar-refractivity contribution in [1.29, 1.82) is 0 Å². The van der Waals surface area contributed by atoms with Gasteiger partial charge in [0.05, 0.1) is 12.6 Å². The van der Waals surface area contributed by atoms with Crippen molar-refractivity contribution in [3.63, 3.8) is 0 Å². The molecule has 0 radical (unpaired) electrons. The monoisotopic (exact) mass is 227 g/mol. The number of carbonyl (C=O) groups is 1. The molecule has 0 aromatic rings. The number of amides is 2. The zero-order valence-corrected chi connectivity index (χ0v) is 9.63. The summed E-state index contributed by atoms with van der Waals surface area (Å²) in [4.78, 5) is 11.5. The molecule has 2 aliphatic heterocycles. The largest absolute Gasteiger partial charge is 0.379 e. The van der Waals surface area contributed by atoms with Crippen LogP contribution < -0.4 is 16.0 Å². The first-order valence-electron chi connectivity index (χ1n) is 6.20. The maximum atomic E-state index is 11.5. The summed E-state index contributed by atoms with van der Waals surface area (Å²) >= 11 is 0. The van der Waals surface area contributed by atoms with Gasteiger partial charge in [0.15, 0.2) is 0 Å². The Bertz CT molecular complexity index is 223. The van der Waals surface area contributed by atoms with Crippen molar-refractivity contribution in [2.45, 2.75) is 37.8 Å². The average molecular weight is 227 g/mol. The molecule has 0 bridgehead atoms. The molecule has 0 saturated carbocycles. The second-order valence-electron chi connectivity index (χ2n) is 4.54. The highest BCUT2D eigenvalue weighted by molar-refractivity contribution is 5.74. The number of hydrogen-bond donors (Lipinski definition) is 3. The molecule has 1 unspecified atom stereocenters. The third kappa shape index (κ3) is 3.64. The molecule has 2 atom stereocenters. The number of ether oxygens (including phenoxy) is 1. The fourth-order valence-electron chi connectivity index (χ4n) is 2.25. The third-order valence-corrected chi connectivity index (χ3v) is 3.21. The molecule has 2 saturated heterocycles. The Hall–Kier alpha value is -0.810. The van der Waals surface area contributed by atoms with Crippen LogP contribution in [0, 0.1) is 0 Å². The second kappa shape index (κ2) is 6.06. The number of carbonyl (C=O) groups excluding carboxylic acids is 1. The van der Waals surface area contributed by atoms with E-state index in [0.29, 0.717) is 12.6 Å². The van der Waals surface area contributed by atoms with Gasteiger partial charge in [-0.1, -0.05) is 0 Å². The lowest BCUT2D eigenvalue weighted by atomic mass is 10.1. The van der Waals surface area contributed by atoms with Crippen molar-refractivity contribution in [1.82, 2.24) is 16.0 Å². The smallest absolute Gasteiger partial charge is 0.315 e. The van der Waals surface area contributed by atoms with Gasteiger partial charge >= 0.3 is 6.03 Å². The number of urea groups is 1. The Kier molecular flexibility index (Phi) is 4.42. The van der Waals surface area contributed by atoms with Crippen LogP contribution in [0.3, 0.4) is 0 Å². The van der Waals surface area contributed by atoms with Gasteiger partial charge in [0.1, 0.15) is 0 Å². The molecular formula is C11H21N3O2. The fourth-order valence-corrected chi connectivity index (χ4v) is 2.25. The van der Waals surface area contributed by atoms with Crippen LogP contribution in [0.4, 0.5) is 4.79 Å². The summed E-state index contributed by atoms with van der Waals surface area (Å²) in [5, 5.41) is 9.21. The van der Waals surface area contributed by atoms with Gasteiger partial charge in [-0.15, -0.1) is 0 Å². The fraction of sp³-hybridized carbons (Fsp3) is 0.909. The average Bonchev–Trinajstić information content (AvgIpc) is 2.90. The summed E-state index contributed by atoms with van der Waals surface area (Å²) in [7, 11) is 0. The van der Waals surface area contributed by atoms with Crippen molar-refractivity contribution >= 4 is 6.03 Å². The molecule has 5 heteroatoms. The van der Waals surface area contributed by atoms with E-state index in [1.165, 1.54) is 12.8 Å². The molecule has 2 aliphatic rings. The molecule has 16 heavy (non-hydrogen) atoms. The van der Waals surface area contributed by atoms with Gasteiger partial charge in [-0.3, -0.25) is 0 Å². The summed E-state index contributed by atoms with van der Waals surface area (Å²) in [6.07, 6.45) is 4.45. The lowest BCUT2D eigenvalue weighted by molar-refractivity contribution is 0.188. The van der Waals surface area contributed by atoms with E-state index in [0.717, 1.165) is 32.5 Å². The molecule has 2 amide bonds. The third-order valence-electron chi connectivity index (χ3n) is 3.21. The van der Waals surface area contributed by atoms with Crippen LogP contribution in [-0.2, 0) is 4.74 Å². The van der Waals surface area contributed by atoms with Crippen LogP contribution in [0.25, 0.3) is 0 Å². The second-order valence-corrected chi connectivity index (χ2v) is 4.54. The normalized spacial score (nSPS) is 29.2. The molecule has 2 heterocycles. The maximum absolute atomic E-state index is 11.5. The molecular weight excluding hydrogens is 206 g/mol. The molecule has 5 nitrogen and oxygen atoms in total. The Morgan fingerprint density at radius 3 is 3.06 bits per heavy atom. The quantitative estimate of drug-likeness (QED) is 0.643. The first kappa shape index (κ1) is 11.7. The SMILES string of the molecule is O=C(NCC[C@@H]1CCCN1)NC1CCOC1. The lowest BCUT2D eigenvalue weighted by Gasteiger charge is -2.13. The lowest BCUT2D eigenvalue weighted by Crippen LogP contribution is -2.43. The van der Waals surface area contributed by atoms with Crippen molar-refractivity contribution in [3.05, 3.63) is 0 Å². The van der Waals surface area contributed by atoms with Crippen molar-refractivity contribution in [3.8, 4) is 0 Å². The first-order chi connectivity index (χ1) is 7.84. The van der Waals surface area contributed by atoms with E-state index in [1.807, 2.05) is 0 Å². The van der Waals surface area contributed by atoms with Crippen LogP contribution in [0.2, 0.25) is 0 Å². The summed E-state index contributed by atoms with van der Waals surface area (Å²) in [5.74, 6) is 0. The van der Waals surface area contributed by atoms with E-state index in [9.17, 15) is 4.79 Å². The highest BCUT2D eigenvalue weighted by atomic mass is 16.5. The van der Waals surface area contributed by atoms with Gasteiger partial charge < -0.3 is 20.7 Å². The summed E-state index contributed by atoms with van der Waals surface area (Å²) in [5.41, 5.74) is 0. The minimum absolute atomic E-state index is 0.0616. The van der Waals surface area contributed by atoms with E-state index in [-0.39, 0.29) is 12.1 Å². The van der Waals surface area contributed by atoms with Gasteiger partial charge in [-0.25, -0.2) is 4.79 Å². The van der Waals surface area contributed by atoms with Crippen molar-refractivity contribution in [2.75, 3.05) is 26.3 Å². The highest BCUT2D eigenvalue weighted by Gasteiger charge is 2.18. The van der Waals surface area contributed by atoms with Gasteiger partial charge in [0.2, 0.25) is 0 Å². The van der Waals surface area contributed by atoms with Gasteiger partial charge in [-0.05, 0) is 32.2 Å². The van der Waals surface area contributed by atoms with Crippen LogP contribution in [0.1, 0.15) is 25.7 Å². The molecule has 2 rings (SSSR count). The van der Waals surface area contributed by atoms with Crippen molar-refractivity contribution in [2.24, 2.45) is 0 Å². The number of rotatable bonds is 4. The minimum Gasteiger partial charge on any atom is -0.379 e. The van der Waals surface area contributed by atoms with Crippen LogP contribution in [-0.4, -0.2) is 44.4 Å². The summed E-state index contributed by atoms with van der Waals surface area (Å²) in [6.45, 7) is 3.28. The Morgan fingerprint density at radius 2 is 2.38 bits per heavy atom. The molecule has 0 aromatic carbocycles. The van der Waals surface area contributed by atoms with E-state index in [1.54, 1.807) is 0 Å². The van der Waals surface area contributed by atoms with E-state index < -0.39 is 0 Å². The molecule has 2 fully saturated rings. The topological polar surface area (TPSA) is 62.4 Å². The number of nitrogens with one attached hydrogen (secondary N) is 3. The molecule has 3 N–H and O–H groups in total. The molecule has 92 valence electrons. The van der Waals surface area contributed by atoms with Crippen molar-refractivity contribution < 1.29 is 9.53 Å². The van der Waals surface area contributed by atoms with E-state index in [4.69, 9.17) is 4.74 Å². The molecule has 0 spiro atoms. The van der Waals surface area contributed by atoms with E-state index >= 15 is 0 Å². The highest BCUT2D eigenvalue weighted by Crippen LogP contribution is 2.07. The number of hydrogen-bond acceptors (Lipinski definition) is 3. The van der Waals surface area contributed by atoms with Crippen LogP contribution >= 0.6 is 0 Å². The Labute approximate surface area is 96.3 Å². The zero-order chi connectivity index (χ0) is 11.2. The maximum Gasteiger partial charge on any atom is 0.315 e. The molecule has 0 aliphatic carbocycles. The van der Waals surface area contributed by atoms with Gasteiger partial charge in [0, 0.05) is 19.2 Å². The van der Waals surface area contributed by atoms with E-state index in [2.05, 4.69) is 16.0 Å². The predicted molar refractivity (Wildman–Crippen MR) is 61.4 cm³/mol. The zero-order valence-electron chi connectivity index (χ0n) is 9.63. The minimum atomic E-state index is -0.0616. The summed E-state index contributed by atoms with van der Waals surface area (Å²) in [6, 6.07) is 0.730.